The number of nitrogens with one attached hydrogen (secondary N) is 1. The summed E-state index contributed by atoms with van der Waals surface area (Å²) in [4.78, 5) is 72.2. The van der Waals surface area contributed by atoms with E-state index in [0.717, 1.165) is 32.7 Å². The Kier molecular flexibility index (Phi) is 11.4. The molecule has 5 aromatic rings. The number of anilines is 1. The first-order chi connectivity index (χ1) is 29.0. The zero-order valence-corrected chi connectivity index (χ0v) is 33.8. The van der Waals surface area contributed by atoms with E-state index in [1.807, 2.05) is 42.5 Å². The van der Waals surface area contributed by atoms with Gasteiger partial charge in [-0.25, -0.2) is 4.68 Å². The number of hydrogen-bond donors (Lipinski definition) is 1. The largest absolute Gasteiger partial charge is 0.496 e. The monoisotopic (exact) mass is 819 g/mol. The van der Waals surface area contributed by atoms with Crippen molar-refractivity contribution in [1.29, 1.82) is 0 Å². The second-order valence-corrected chi connectivity index (χ2v) is 15.1. The number of piperidine rings is 1. The molecule has 60 heavy (non-hydrogen) atoms. The number of carbonyl (C=O) groups excluding carboxylic acids is 4. The first-order valence-corrected chi connectivity index (χ1v) is 19.6. The van der Waals surface area contributed by atoms with Crippen LogP contribution in [0.2, 0.25) is 0 Å². The fraction of sp³-hybridized carbons (Fsp3) is 0.381. The van der Waals surface area contributed by atoms with Crippen LogP contribution < -0.4 is 25.2 Å². The minimum atomic E-state index is -1.00. The highest BCUT2D eigenvalue weighted by Gasteiger charge is 2.45. The predicted octanol–water partition coefficient (Wildman–Crippen LogP) is 2.16. The number of hydrogen-bond acceptors (Lipinski definition) is 14. The number of pyridine rings is 2. The van der Waals surface area contributed by atoms with Gasteiger partial charge in [-0.05, 0) is 60.8 Å². The summed E-state index contributed by atoms with van der Waals surface area (Å²) in [5.74, 6) is -0.765. The van der Waals surface area contributed by atoms with Gasteiger partial charge in [-0.3, -0.25) is 44.1 Å². The van der Waals surface area contributed by atoms with Crippen LogP contribution in [0.5, 0.6) is 11.5 Å². The van der Waals surface area contributed by atoms with Crippen molar-refractivity contribution in [1.82, 2.24) is 39.7 Å². The molecular formula is C42H45N9O9. The van der Waals surface area contributed by atoms with Crippen molar-refractivity contribution in [3.05, 3.63) is 93.9 Å². The number of rotatable bonds is 16. The molecule has 0 spiro atoms. The van der Waals surface area contributed by atoms with E-state index < -0.39 is 29.7 Å². The van der Waals surface area contributed by atoms with Crippen LogP contribution in [0.1, 0.15) is 44.8 Å². The Morgan fingerprint density at radius 1 is 0.900 bits per heavy atom. The molecule has 3 aliphatic heterocycles. The number of aromatic nitrogens is 5. The lowest BCUT2D eigenvalue weighted by molar-refractivity contribution is -0.136. The van der Waals surface area contributed by atoms with Crippen LogP contribution >= 0.6 is 0 Å². The Bertz CT molecular complexity index is 2520. The minimum Gasteiger partial charge on any atom is -0.496 e. The molecule has 8 rings (SSSR count). The van der Waals surface area contributed by atoms with E-state index in [1.165, 1.54) is 0 Å². The third-order valence-corrected chi connectivity index (χ3v) is 11.1. The van der Waals surface area contributed by atoms with E-state index >= 15 is 0 Å². The number of amides is 4. The number of likely N-dealkylation sites (N-methyl/N-ethyl adjacent to an activating group) is 1. The van der Waals surface area contributed by atoms with E-state index in [9.17, 15) is 24.0 Å². The van der Waals surface area contributed by atoms with Crippen LogP contribution in [0.15, 0.2) is 66.0 Å². The summed E-state index contributed by atoms with van der Waals surface area (Å²) in [5.41, 5.74) is 4.47. The normalized spacial score (nSPS) is 16.8. The van der Waals surface area contributed by atoms with Gasteiger partial charge in [0.2, 0.25) is 11.8 Å². The Hall–Kier alpha value is -6.50. The molecule has 1 N–H and O–H groups in total. The molecule has 2 aromatic carbocycles. The number of carbonyl (C=O) groups is 4. The minimum absolute atomic E-state index is 0.0579. The molecule has 0 bridgehead atoms. The zero-order chi connectivity index (χ0) is 42.1. The van der Waals surface area contributed by atoms with Crippen LogP contribution in [0.3, 0.4) is 0 Å². The van der Waals surface area contributed by atoms with Crippen LogP contribution in [0.25, 0.3) is 21.9 Å². The van der Waals surface area contributed by atoms with Gasteiger partial charge in [0, 0.05) is 69.5 Å². The first kappa shape index (κ1) is 40.3. The van der Waals surface area contributed by atoms with E-state index in [-0.39, 0.29) is 42.2 Å². The van der Waals surface area contributed by atoms with Gasteiger partial charge in [0.1, 0.15) is 23.2 Å². The molecule has 3 aliphatic rings. The van der Waals surface area contributed by atoms with Crippen molar-refractivity contribution in [2.24, 2.45) is 7.05 Å². The molecule has 312 valence electrons. The molecule has 0 aliphatic carbocycles. The molecule has 2 saturated heterocycles. The first-order valence-electron chi connectivity index (χ1n) is 19.6. The van der Waals surface area contributed by atoms with Crippen molar-refractivity contribution in [3.63, 3.8) is 0 Å². The van der Waals surface area contributed by atoms with E-state index in [1.54, 1.807) is 61.1 Å². The number of aryl methyl sites for hydroxylation is 1. The average Bonchev–Trinajstić information content (AvgIpc) is 3.78. The van der Waals surface area contributed by atoms with Crippen LogP contribution in [0.4, 0.5) is 5.69 Å². The summed E-state index contributed by atoms with van der Waals surface area (Å²) in [6.07, 6.45) is 7.04. The van der Waals surface area contributed by atoms with Crippen molar-refractivity contribution in [3.8, 4) is 22.6 Å². The van der Waals surface area contributed by atoms with Gasteiger partial charge in [0.05, 0.1) is 75.0 Å². The third kappa shape index (κ3) is 7.95. The van der Waals surface area contributed by atoms with Gasteiger partial charge in [0.15, 0.2) is 0 Å². The van der Waals surface area contributed by atoms with Gasteiger partial charge in [0.25, 0.3) is 17.4 Å². The van der Waals surface area contributed by atoms with Crippen molar-refractivity contribution < 1.29 is 38.1 Å². The summed E-state index contributed by atoms with van der Waals surface area (Å²) >= 11 is 0. The van der Waals surface area contributed by atoms with Gasteiger partial charge in [-0.1, -0.05) is 5.21 Å². The van der Waals surface area contributed by atoms with Crippen LogP contribution in [-0.4, -0.2) is 124 Å². The zero-order valence-electron chi connectivity index (χ0n) is 33.8. The maximum Gasteiger partial charge on any atom is 0.262 e. The van der Waals surface area contributed by atoms with E-state index in [4.69, 9.17) is 18.9 Å². The van der Waals surface area contributed by atoms with E-state index in [2.05, 4.69) is 25.5 Å². The van der Waals surface area contributed by atoms with Gasteiger partial charge in [-0.2, -0.15) is 0 Å². The molecular weight excluding hydrogens is 775 g/mol. The highest BCUT2D eigenvalue weighted by Crippen LogP contribution is 2.38. The molecule has 6 heterocycles. The maximum absolute atomic E-state index is 13.2. The number of ether oxygens (including phenoxy) is 4. The Balaban J connectivity index is 0.770. The summed E-state index contributed by atoms with van der Waals surface area (Å²) in [7, 11) is 6.99. The topological polar surface area (TPSA) is 193 Å². The quantitative estimate of drug-likeness (QED) is 0.113. The summed E-state index contributed by atoms with van der Waals surface area (Å²) in [6.45, 7) is 4.13. The number of imide groups is 2. The molecule has 0 radical (unpaired) electrons. The second-order valence-electron chi connectivity index (χ2n) is 15.1. The predicted molar refractivity (Wildman–Crippen MR) is 217 cm³/mol. The molecule has 3 aromatic heterocycles. The average molecular weight is 820 g/mol. The highest BCUT2D eigenvalue weighted by atomic mass is 16.5. The Morgan fingerprint density at radius 3 is 2.42 bits per heavy atom. The molecule has 18 heteroatoms. The number of methoxy groups -OCH3 is 2. The fourth-order valence-electron chi connectivity index (χ4n) is 7.79. The third-order valence-electron chi connectivity index (χ3n) is 11.1. The number of fused-ring (bicyclic) bond motifs is 2. The molecule has 18 nitrogen and oxygen atoms in total. The molecule has 2 fully saturated rings. The maximum atomic E-state index is 13.2. The molecule has 1 atom stereocenters. The molecule has 0 saturated carbocycles. The van der Waals surface area contributed by atoms with Crippen molar-refractivity contribution in [2.75, 3.05) is 59.0 Å². The SMILES string of the molecule is COc1cc(-c2cn(C)c(=O)c3cnccc23)cc(OC)c1CN(C)CCOCCn1cc(COC2CN(c3ccc4c(c3)C(=O)N(C3CCC(=O)NC3=O)C4=O)C2)nn1. The van der Waals surface area contributed by atoms with E-state index in [0.29, 0.717) is 68.5 Å². The van der Waals surface area contributed by atoms with Gasteiger partial charge in [-0.15, -0.1) is 5.10 Å². The van der Waals surface area contributed by atoms with Gasteiger partial charge >= 0.3 is 0 Å². The van der Waals surface area contributed by atoms with Crippen LogP contribution in [0, 0.1) is 0 Å². The molecule has 1 unspecified atom stereocenters. The summed E-state index contributed by atoms with van der Waals surface area (Å²) in [5, 5.41) is 12.0. The smallest absolute Gasteiger partial charge is 0.262 e. The van der Waals surface area contributed by atoms with Gasteiger partial charge < -0.3 is 28.4 Å². The lowest BCUT2D eigenvalue weighted by Crippen LogP contribution is -2.54. The lowest BCUT2D eigenvalue weighted by Gasteiger charge is -2.40. The second kappa shape index (κ2) is 17.0. The fourth-order valence-corrected chi connectivity index (χ4v) is 7.79. The van der Waals surface area contributed by atoms with Crippen LogP contribution in [-0.2, 0) is 45.8 Å². The summed E-state index contributed by atoms with van der Waals surface area (Å²) < 4.78 is 26.9. The lowest BCUT2D eigenvalue weighted by atomic mass is 9.99. The number of benzene rings is 2. The number of nitrogens with zero attached hydrogens (tertiary/aromatic N) is 8. The Morgan fingerprint density at radius 2 is 1.67 bits per heavy atom. The Labute approximate surface area is 344 Å². The standard InChI is InChI=1S/C42H45N9O9/c1-47(22-34-36(57-3)15-25(16-37(34)58-4)33-23-48(2)40(54)32-18-43-10-9-29(32)33)11-13-59-14-12-50-19-26(45-46-50)24-60-28-20-49(21-28)27-5-6-30-31(17-27)42(56)51(41(30)55)35-7-8-38(52)44-39(35)53/h5-6,9-10,15-19,23,28,35H,7-8,11-14,20-22,24H2,1-4H3,(H,44,52,53). The summed E-state index contributed by atoms with van der Waals surface area (Å²) in [6, 6.07) is 9.84. The van der Waals surface area contributed by atoms with Crippen molar-refractivity contribution in [2.45, 2.75) is 44.7 Å². The van der Waals surface area contributed by atoms with Crippen molar-refractivity contribution >= 4 is 40.1 Å². The molecule has 4 amide bonds. The highest BCUT2D eigenvalue weighted by molar-refractivity contribution is 6.23.